The second-order valence-electron chi connectivity index (χ2n) is 5.29. The maximum Gasteiger partial charge on any atom is 0.331 e. The monoisotopic (exact) mass is 342 g/mol. The van der Waals surface area contributed by atoms with Crippen molar-refractivity contribution in [1.82, 2.24) is 10.2 Å². The summed E-state index contributed by atoms with van der Waals surface area (Å²) >= 11 is 0. The number of ether oxygens (including phenoxy) is 1. The van der Waals surface area contributed by atoms with E-state index in [0.717, 1.165) is 11.8 Å². The van der Waals surface area contributed by atoms with Crippen LogP contribution in [0.3, 0.4) is 0 Å². The largest absolute Gasteiger partial charge is 0.466 e. The third-order valence-electron chi connectivity index (χ3n) is 3.38. The Hall–Kier alpha value is -3.22. The smallest absolute Gasteiger partial charge is 0.331 e. The fourth-order valence-electron chi connectivity index (χ4n) is 2.21. The van der Waals surface area contributed by atoms with Crippen molar-refractivity contribution in [2.45, 2.75) is 20.5 Å². The van der Waals surface area contributed by atoms with E-state index in [4.69, 9.17) is 13.6 Å². The highest BCUT2D eigenvalue weighted by Gasteiger charge is 2.15. The summed E-state index contributed by atoms with van der Waals surface area (Å²) in [7, 11) is 0. The topological polar surface area (TPSA) is 78.4 Å². The summed E-state index contributed by atoms with van der Waals surface area (Å²) in [6.45, 7) is 3.43. The molecule has 0 radical (unpaired) electrons. The molecule has 1 aromatic carbocycles. The van der Waals surface area contributed by atoms with Crippen LogP contribution in [0.5, 0.6) is 0 Å². The molecule has 6 nitrogen and oxygen atoms in total. The van der Waals surface area contributed by atoms with Crippen LogP contribution in [0.2, 0.25) is 0 Å². The third-order valence-corrected chi connectivity index (χ3v) is 3.38. The van der Waals surface area contributed by atoms with Crippen molar-refractivity contribution in [3.63, 3.8) is 0 Å². The number of aryl methyl sites for hydroxylation is 2. The zero-order chi connectivity index (χ0) is 17.8. The van der Waals surface area contributed by atoms with E-state index in [0.29, 0.717) is 22.8 Å². The number of carbonyl (C=O) groups excluding carboxylic acids is 1. The van der Waals surface area contributed by atoms with Gasteiger partial charge in [0, 0.05) is 11.6 Å². The van der Waals surface area contributed by atoms with E-state index in [2.05, 4.69) is 10.2 Å². The van der Waals surface area contributed by atoms with Gasteiger partial charge in [0.15, 0.2) is 6.61 Å². The fraction of sp³-hybridized carbons (Fsp3) is 0.167. The number of benzene rings is 1. The summed E-state index contributed by atoms with van der Waals surface area (Å²) in [5.41, 5.74) is 0.993. The Kier molecular flexibility index (Phi) is 4.74. The molecule has 0 saturated carbocycles. The maximum absolute atomic E-state index is 13.4. The van der Waals surface area contributed by atoms with Gasteiger partial charge in [0.25, 0.3) is 11.8 Å². The highest BCUT2D eigenvalue weighted by atomic mass is 19.1. The highest BCUT2D eigenvalue weighted by molar-refractivity contribution is 5.87. The lowest BCUT2D eigenvalue weighted by molar-refractivity contribution is -0.139. The van der Waals surface area contributed by atoms with Crippen molar-refractivity contribution >= 4 is 12.0 Å². The zero-order valence-electron chi connectivity index (χ0n) is 13.7. The Morgan fingerprint density at radius 1 is 1.24 bits per heavy atom. The third kappa shape index (κ3) is 4.00. The van der Waals surface area contributed by atoms with E-state index >= 15 is 0 Å². The molecule has 3 aromatic rings. The predicted molar refractivity (Wildman–Crippen MR) is 86.7 cm³/mol. The van der Waals surface area contributed by atoms with Crippen LogP contribution in [0.1, 0.15) is 23.0 Å². The maximum atomic E-state index is 13.4. The normalized spacial score (nSPS) is 11.2. The molecule has 128 valence electrons. The zero-order valence-corrected chi connectivity index (χ0v) is 13.7. The van der Waals surface area contributed by atoms with Crippen LogP contribution in [0.4, 0.5) is 4.39 Å². The minimum Gasteiger partial charge on any atom is -0.466 e. The molecule has 0 aliphatic heterocycles. The van der Waals surface area contributed by atoms with Crippen molar-refractivity contribution in [3.05, 3.63) is 65.2 Å². The molecule has 2 heterocycles. The molecular formula is C18H15FN2O4. The summed E-state index contributed by atoms with van der Waals surface area (Å²) in [5.74, 6) is 0.787. The summed E-state index contributed by atoms with van der Waals surface area (Å²) in [5, 5.41) is 7.74. The molecule has 0 aliphatic rings. The van der Waals surface area contributed by atoms with E-state index in [-0.39, 0.29) is 12.5 Å². The Bertz CT molecular complexity index is 927. The Morgan fingerprint density at radius 2 is 2.04 bits per heavy atom. The van der Waals surface area contributed by atoms with Crippen molar-refractivity contribution in [3.8, 4) is 11.5 Å². The number of furan rings is 1. The lowest BCUT2D eigenvalue weighted by Crippen LogP contribution is -2.01. The first-order chi connectivity index (χ1) is 12.0. The number of halogens is 1. The first-order valence-electron chi connectivity index (χ1n) is 7.52. The van der Waals surface area contributed by atoms with Gasteiger partial charge < -0.3 is 13.6 Å². The molecule has 0 spiro atoms. The first-order valence-corrected chi connectivity index (χ1v) is 7.52. The van der Waals surface area contributed by atoms with Gasteiger partial charge in [-0.1, -0.05) is 18.2 Å². The highest BCUT2D eigenvalue weighted by Crippen LogP contribution is 2.25. The lowest BCUT2D eigenvalue weighted by Gasteiger charge is -1.98. The molecule has 2 aromatic heterocycles. The van der Waals surface area contributed by atoms with Crippen LogP contribution in [-0.2, 0) is 16.1 Å². The molecule has 0 N–H and O–H groups in total. The molecule has 7 heteroatoms. The quantitative estimate of drug-likeness (QED) is 0.518. The Balaban J connectivity index is 1.60. The minimum absolute atomic E-state index is 0.154. The van der Waals surface area contributed by atoms with E-state index in [9.17, 15) is 9.18 Å². The average Bonchev–Trinajstić information content (AvgIpc) is 3.18. The van der Waals surface area contributed by atoms with E-state index in [1.165, 1.54) is 12.1 Å². The van der Waals surface area contributed by atoms with Crippen LogP contribution in [0.15, 0.2) is 45.2 Å². The van der Waals surface area contributed by atoms with Crippen LogP contribution < -0.4 is 0 Å². The molecule has 0 fully saturated rings. The van der Waals surface area contributed by atoms with Crippen LogP contribution in [0, 0.1) is 19.7 Å². The SMILES string of the molecule is Cc1cc(-c2nnc(COC(=O)/C=C/c3ccccc3F)o2)c(C)o1. The second-order valence-corrected chi connectivity index (χ2v) is 5.29. The molecule has 0 atom stereocenters. The standard InChI is InChI=1S/C18H15FN2O4/c1-11-9-14(12(2)24-11)18-21-20-16(25-18)10-23-17(22)8-7-13-5-3-4-6-15(13)19/h3-9H,10H2,1-2H3/b8-7+. The number of carbonyl (C=O) groups is 1. The average molecular weight is 342 g/mol. The Morgan fingerprint density at radius 3 is 2.76 bits per heavy atom. The summed E-state index contributed by atoms with van der Waals surface area (Å²) in [6.07, 6.45) is 2.48. The number of esters is 1. The molecule has 0 bridgehead atoms. The van der Waals surface area contributed by atoms with Crippen LogP contribution in [0.25, 0.3) is 17.5 Å². The molecular weight excluding hydrogens is 327 g/mol. The van der Waals surface area contributed by atoms with Gasteiger partial charge >= 0.3 is 5.97 Å². The predicted octanol–water partition coefficient (Wildman–Crippen LogP) is 3.84. The summed E-state index contributed by atoms with van der Waals surface area (Å²) < 4.78 is 29.3. The van der Waals surface area contributed by atoms with Gasteiger partial charge in [0.1, 0.15) is 17.3 Å². The molecule has 3 rings (SSSR count). The van der Waals surface area contributed by atoms with Crippen molar-refractivity contribution in [1.29, 1.82) is 0 Å². The fourth-order valence-corrected chi connectivity index (χ4v) is 2.21. The van der Waals surface area contributed by atoms with E-state index in [1.54, 1.807) is 31.2 Å². The van der Waals surface area contributed by atoms with Gasteiger partial charge in [-0.15, -0.1) is 10.2 Å². The number of rotatable bonds is 5. The number of nitrogens with zero attached hydrogens (tertiary/aromatic N) is 2. The van der Waals surface area contributed by atoms with Crippen molar-refractivity contribution in [2.24, 2.45) is 0 Å². The van der Waals surface area contributed by atoms with Gasteiger partial charge in [-0.05, 0) is 32.1 Å². The van der Waals surface area contributed by atoms with Gasteiger partial charge in [-0.3, -0.25) is 0 Å². The van der Waals surface area contributed by atoms with Gasteiger partial charge in [0.2, 0.25) is 0 Å². The molecule has 0 saturated heterocycles. The second kappa shape index (κ2) is 7.12. The number of hydrogen-bond acceptors (Lipinski definition) is 6. The van der Waals surface area contributed by atoms with Crippen molar-refractivity contribution < 1.29 is 22.8 Å². The lowest BCUT2D eigenvalue weighted by atomic mass is 10.2. The summed E-state index contributed by atoms with van der Waals surface area (Å²) in [4.78, 5) is 11.7. The molecule has 25 heavy (non-hydrogen) atoms. The van der Waals surface area contributed by atoms with Gasteiger partial charge in [-0.2, -0.15) is 0 Å². The van der Waals surface area contributed by atoms with Gasteiger partial charge in [0.05, 0.1) is 5.56 Å². The van der Waals surface area contributed by atoms with Crippen LogP contribution in [-0.4, -0.2) is 16.2 Å². The van der Waals surface area contributed by atoms with E-state index < -0.39 is 11.8 Å². The minimum atomic E-state index is -0.640. The number of hydrogen-bond donors (Lipinski definition) is 0. The summed E-state index contributed by atoms with van der Waals surface area (Å²) in [6, 6.07) is 7.90. The van der Waals surface area contributed by atoms with E-state index in [1.807, 2.05) is 6.92 Å². The van der Waals surface area contributed by atoms with Crippen LogP contribution >= 0.6 is 0 Å². The van der Waals surface area contributed by atoms with Crippen molar-refractivity contribution in [2.75, 3.05) is 0 Å². The molecule has 0 unspecified atom stereocenters. The molecule has 0 amide bonds. The number of aromatic nitrogens is 2. The first kappa shape index (κ1) is 16.6. The van der Waals surface area contributed by atoms with Gasteiger partial charge in [-0.25, -0.2) is 9.18 Å². The Labute approximate surface area is 142 Å². The molecule has 0 aliphatic carbocycles.